The Morgan fingerprint density at radius 2 is 1.22 bits per heavy atom. The Kier molecular flexibility index (Phi) is 5.90. The lowest BCUT2D eigenvalue weighted by molar-refractivity contribution is 0.607. The summed E-state index contributed by atoms with van der Waals surface area (Å²) in [6.45, 7) is 4.19. The molecule has 0 fully saturated rings. The van der Waals surface area contributed by atoms with Crippen LogP contribution in [0.5, 0.6) is 0 Å². The number of rotatable bonds is 3. The molecule has 0 N–H and O–H groups in total. The lowest BCUT2D eigenvalue weighted by atomic mass is 9.89. The normalized spacial score (nSPS) is 15.8. The summed E-state index contributed by atoms with van der Waals surface area (Å²) in [5.41, 5.74) is 8.42. The van der Waals surface area contributed by atoms with E-state index < -0.39 is 0 Å². The van der Waals surface area contributed by atoms with Gasteiger partial charge in [-0.2, -0.15) is 0 Å². The molecule has 10 aromatic rings. The number of hydrogen-bond donors (Lipinski definition) is 0. The second-order valence-corrected chi connectivity index (χ2v) is 14.4. The van der Waals surface area contributed by atoms with Crippen molar-refractivity contribution in [1.29, 1.82) is 0 Å². The first-order valence-electron chi connectivity index (χ1n) is 17.1. The second-order valence-electron chi connectivity index (χ2n) is 13.3. The maximum atomic E-state index is 5.64. The van der Waals surface area contributed by atoms with E-state index in [2.05, 4.69) is 161 Å². The first-order valence-corrected chi connectivity index (χ1v) is 18.1. The zero-order chi connectivity index (χ0) is 32.9. The number of aromatic nitrogens is 2. The fourth-order valence-corrected chi connectivity index (χ4v) is 10.0. The van der Waals surface area contributed by atoms with Gasteiger partial charge in [-0.25, -0.2) is 9.98 Å². The molecule has 4 heterocycles. The standard InChI is InChI=1S/C45H30N4S/c1-46-45(47-41(28-12-3-2-4-13-28)36-26-50-39-21-10-7-16-31(36)39)49-38-20-9-6-15-30(38)34-24-22-27-23-25-35-33-18-11-17-32-29-14-5-8-19-37(29)48(42(32)33)43(35)40(27)44(34)49/h2-25,36,41H,1,26H2. The van der Waals surface area contributed by atoms with E-state index in [-0.39, 0.29) is 12.0 Å². The average Bonchev–Trinajstić information content (AvgIpc) is 3.93. The van der Waals surface area contributed by atoms with Gasteiger partial charge in [0, 0.05) is 54.3 Å². The smallest absolute Gasteiger partial charge is 0.229 e. The summed E-state index contributed by atoms with van der Waals surface area (Å²) in [6.07, 6.45) is 0. The van der Waals surface area contributed by atoms with Crippen molar-refractivity contribution in [1.82, 2.24) is 8.97 Å². The van der Waals surface area contributed by atoms with Gasteiger partial charge in [-0.3, -0.25) is 4.57 Å². The van der Waals surface area contributed by atoms with E-state index in [1.807, 2.05) is 11.8 Å². The number of hydrogen-bond acceptors (Lipinski definition) is 2. The second kappa shape index (κ2) is 10.5. The summed E-state index contributed by atoms with van der Waals surface area (Å²) < 4.78 is 4.78. The predicted molar refractivity (Wildman–Crippen MR) is 213 cm³/mol. The van der Waals surface area contributed by atoms with Gasteiger partial charge in [-0.1, -0.05) is 127 Å². The lowest BCUT2D eigenvalue weighted by Crippen LogP contribution is -2.16. The summed E-state index contributed by atoms with van der Waals surface area (Å²) in [7, 11) is 0. The van der Waals surface area contributed by atoms with Crippen molar-refractivity contribution in [2.75, 3.05) is 5.75 Å². The van der Waals surface area contributed by atoms with Crippen molar-refractivity contribution in [3.8, 4) is 0 Å². The Bertz CT molecular complexity index is 3020. The van der Waals surface area contributed by atoms with Crippen LogP contribution in [-0.2, 0) is 0 Å². The summed E-state index contributed by atoms with van der Waals surface area (Å²) >= 11 is 1.92. The molecule has 0 amide bonds. The van der Waals surface area contributed by atoms with E-state index in [1.165, 1.54) is 75.7 Å². The molecule has 11 rings (SSSR count). The van der Waals surface area contributed by atoms with Crippen molar-refractivity contribution < 1.29 is 0 Å². The Morgan fingerprint density at radius 1 is 0.600 bits per heavy atom. The summed E-state index contributed by atoms with van der Waals surface area (Å²) in [6, 6.07) is 52.7. The molecule has 4 nitrogen and oxygen atoms in total. The Morgan fingerprint density at radius 3 is 2.02 bits per heavy atom. The lowest BCUT2D eigenvalue weighted by Gasteiger charge is -2.22. The van der Waals surface area contributed by atoms with E-state index in [0.717, 1.165) is 16.8 Å². The SMILES string of the molecule is C=NC(=NC(c1ccccc1)C1CSc2ccccc21)n1c2ccccc2c2ccc3ccc4c5cccc6c7ccccc7n(c65)c4c3c21. The maximum absolute atomic E-state index is 5.64. The number of para-hydroxylation sites is 3. The quantitative estimate of drug-likeness (QED) is 0.137. The number of fused-ring (bicyclic) bond motifs is 13. The van der Waals surface area contributed by atoms with E-state index >= 15 is 0 Å². The van der Waals surface area contributed by atoms with Crippen LogP contribution >= 0.6 is 11.8 Å². The first kappa shape index (κ1) is 28.0. The third-order valence-electron chi connectivity index (χ3n) is 10.9. The highest BCUT2D eigenvalue weighted by Crippen LogP contribution is 2.48. The molecule has 50 heavy (non-hydrogen) atoms. The van der Waals surface area contributed by atoms with Crippen LogP contribution in [0.4, 0.5) is 0 Å². The Labute approximate surface area is 292 Å². The third-order valence-corrected chi connectivity index (χ3v) is 12.1. The van der Waals surface area contributed by atoms with E-state index in [1.54, 1.807) is 0 Å². The van der Waals surface area contributed by atoms with Gasteiger partial charge in [0.25, 0.3) is 0 Å². The van der Waals surface area contributed by atoms with Gasteiger partial charge >= 0.3 is 0 Å². The molecule has 2 unspecified atom stereocenters. The van der Waals surface area contributed by atoms with Crippen molar-refractivity contribution >= 4 is 95.1 Å². The van der Waals surface area contributed by atoms with Gasteiger partial charge in [0.2, 0.25) is 5.96 Å². The molecule has 0 bridgehead atoms. The molecule has 236 valence electrons. The topological polar surface area (TPSA) is 34.1 Å². The molecular weight excluding hydrogens is 629 g/mol. The van der Waals surface area contributed by atoms with Gasteiger partial charge in [0.05, 0.1) is 33.6 Å². The third kappa shape index (κ3) is 3.73. The monoisotopic (exact) mass is 658 g/mol. The minimum absolute atomic E-state index is 0.137. The van der Waals surface area contributed by atoms with E-state index in [0.29, 0.717) is 5.96 Å². The van der Waals surface area contributed by atoms with Crippen LogP contribution in [0.1, 0.15) is 23.1 Å². The molecule has 1 aliphatic heterocycles. The van der Waals surface area contributed by atoms with Crippen molar-refractivity contribution in [2.24, 2.45) is 9.98 Å². The molecule has 0 aliphatic carbocycles. The van der Waals surface area contributed by atoms with E-state index in [9.17, 15) is 0 Å². The van der Waals surface area contributed by atoms with Crippen LogP contribution in [0, 0.1) is 0 Å². The van der Waals surface area contributed by atoms with Crippen LogP contribution in [0.3, 0.4) is 0 Å². The van der Waals surface area contributed by atoms with Gasteiger partial charge in [0.1, 0.15) is 0 Å². The first-order chi connectivity index (χ1) is 24.8. The van der Waals surface area contributed by atoms with Gasteiger partial charge in [-0.15, -0.1) is 11.8 Å². The van der Waals surface area contributed by atoms with Crippen LogP contribution in [0.25, 0.3) is 70.7 Å². The molecule has 1 aliphatic rings. The molecule has 3 aromatic heterocycles. The van der Waals surface area contributed by atoms with Crippen molar-refractivity contribution in [3.05, 3.63) is 157 Å². The highest BCUT2D eigenvalue weighted by molar-refractivity contribution is 7.99. The van der Waals surface area contributed by atoms with Crippen LogP contribution in [0.15, 0.2) is 160 Å². The fraction of sp³-hybridized carbons (Fsp3) is 0.0667. The number of benzene rings is 7. The molecule has 0 saturated carbocycles. The van der Waals surface area contributed by atoms with Crippen molar-refractivity contribution in [3.63, 3.8) is 0 Å². The predicted octanol–water partition coefficient (Wildman–Crippen LogP) is 11.6. The number of thioether (sulfide) groups is 1. The maximum Gasteiger partial charge on any atom is 0.229 e. The number of aliphatic imine (C=N–C) groups is 2. The molecule has 2 atom stereocenters. The zero-order valence-electron chi connectivity index (χ0n) is 27.1. The minimum Gasteiger partial charge on any atom is -0.307 e. The molecule has 0 radical (unpaired) electrons. The Balaban J connectivity index is 1.29. The van der Waals surface area contributed by atoms with Gasteiger partial charge < -0.3 is 4.40 Å². The van der Waals surface area contributed by atoms with Crippen LogP contribution < -0.4 is 0 Å². The summed E-state index contributed by atoms with van der Waals surface area (Å²) in [5, 5.41) is 9.81. The zero-order valence-corrected chi connectivity index (χ0v) is 27.9. The van der Waals surface area contributed by atoms with Crippen molar-refractivity contribution in [2.45, 2.75) is 16.9 Å². The molecule has 0 spiro atoms. The fourth-order valence-electron chi connectivity index (χ4n) is 8.76. The Hall–Kier alpha value is -5.91. The van der Waals surface area contributed by atoms with Gasteiger partial charge in [0.15, 0.2) is 0 Å². The van der Waals surface area contributed by atoms with Crippen LogP contribution in [-0.4, -0.2) is 27.4 Å². The minimum atomic E-state index is -0.137. The van der Waals surface area contributed by atoms with E-state index in [4.69, 9.17) is 9.98 Å². The summed E-state index contributed by atoms with van der Waals surface area (Å²) in [5.74, 6) is 1.78. The van der Waals surface area contributed by atoms with Crippen LogP contribution in [0.2, 0.25) is 0 Å². The van der Waals surface area contributed by atoms with Gasteiger partial charge in [-0.05, 0) is 41.4 Å². The largest absolute Gasteiger partial charge is 0.307 e. The average molecular weight is 659 g/mol. The highest BCUT2D eigenvalue weighted by Gasteiger charge is 2.32. The molecule has 0 saturated heterocycles. The highest BCUT2D eigenvalue weighted by atomic mass is 32.2. The number of nitrogens with zero attached hydrogens (tertiary/aromatic N) is 4. The summed E-state index contributed by atoms with van der Waals surface area (Å²) in [4.78, 5) is 11.8. The molecular formula is C45H30N4S. The molecule has 7 aromatic carbocycles. The molecule has 5 heteroatoms.